The molecule has 1 unspecified atom stereocenters. The van der Waals surface area contributed by atoms with Gasteiger partial charge in [0, 0.05) is 24.0 Å². The van der Waals surface area contributed by atoms with Gasteiger partial charge < -0.3 is 9.84 Å². The molecule has 0 aliphatic heterocycles. The number of nitrogens with one attached hydrogen (secondary N) is 1. The van der Waals surface area contributed by atoms with Gasteiger partial charge in [0.25, 0.3) is 0 Å². The Kier molecular flexibility index (Phi) is 6.51. The highest BCUT2D eigenvalue weighted by Gasteiger charge is 2.24. The Hall–Kier alpha value is -4.06. The smallest absolute Gasteiger partial charge is 0.249 e. The van der Waals surface area contributed by atoms with Gasteiger partial charge in [-0.2, -0.15) is 4.98 Å². The van der Waals surface area contributed by atoms with Gasteiger partial charge in [-0.25, -0.2) is 0 Å². The van der Waals surface area contributed by atoms with Crippen molar-refractivity contribution in [3.63, 3.8) is 0 Å². The highest BCUT2D eigenvalue weighted by Crippen LogP contribution is 2.24. The summed E-state index contributed by atoms with van der Waals surface area (Å²) in [5.41, 5.74) is 3.98. The molecule has 160 valence electrons. The Morgan fingerprint density at radius 2 is 1.69 bits per heavy atom. The first-order chi connectivity index (χ1) is 15.6. The number of carbonyl (C=O) groups is 1. The summed E-state index contributed by atoms with van der Waals surface area (Å²) < 4.78 is 5.45. The highest BCUT2D eigenvalue weighted by atomic mass is 16.5. The summed E-state index contributed by atoms with van der Waals surface area (Å²) >= 11 is 0. The Balaban J connectivity index is 1.46. The van der Waals surface area contributed by atoms with Crippen molar-refractivity contribution < 1.29 is 9.32 Å². The van der Waals surface area contributed by atoms with Crippen LogP contribution >= 0.6 is 0 Å². The van der Waals surface area contributed by atoms with E-state index in [0.29, 0.717) is 11.7 Å². The molecule has 0 spiro atoms. The minimum Gasteiger partial charge on any atom is -0.340 e. The van der Waals surface area contributed by atoms with Crippen molar-refractivity contribution >= 4 is 12.0 Å². The molecular weight excluding hydrogens is 400 g/mol. The molecule has 0 saturated carbocycles. The summed E-state index contributed by atoms with van der Waals surface area (Å²) in [4.78, 5) is 21.1. The van der Waals surface area contributed by atoms with Crippen molar-refractivity contribution in [2.24, 2.45) is 5.92 Å². The fraction of sp³-hybridized carbons (Fsp3) is 0.154. The molecule has 4 aromatic rings. The van der Waals surface area contributed by atoms with Crippen LogP contribution < -0.4 is 5.32 Å². The summed E-state index contributed by atoms with van der Waals surface area (Å²) in [6, 6.07) is 21.4. The number of carbonyl (C=O) groups excluding carboxylic acids is 1. The van der Waals surface area contributed by atoms with Gasteiger partial charge in [-0.05, 0) is 46.9 Å². The molecule has 2 heterocycles. The van der Waals surface area contributed by atoms with E-state index in [4.69, 9.17) is 4.52 Å². The first-order valence-corrected chi connectivity index (χ1v) is 10.5. The predicted octanol–water partition coefficient (Wildman–Crippen LogP) is 5.33. The fourth-order valence-electron chi connectivity index (χ4n) is 3.32. The molecule has 1 N–H and O–H groups in total. The maximum Gasteiger partial charge on any atom is 0.249 e. The zero-order valence-electron chi connectivity index (χ0n) is 18.0. The van der Waals surface area contributed by atoms with Crippen LogP contribution in [0.5, 0.6) is 0 Å². The lowest BCUT2D eigenvalue weighted by atomic mass is 10.0. The Labute approximate surface area is 187 Å². The molecule has 6 nitrogen and oxygen atoms in total. The third-order valence-corrected chi connectivity index (χ3v) is 5.03. The highest BCUT2D eigenvalue weighted by molar-refractivity contribution is 5.92. The topological polar surface area (TPSA) is 80.9 Å². The normalized spacial score (nSPS) is 12.2. The molecule has 0 radical (unpaired) electrons. The van der Waals surface area contributed by atoms with Crippen LogP contribution in [-0.4, -0.2) is 21.0 Å². The number of nitrogens with zero attached hydrogens (tertiary/aromatic N) is 3. The molecule has 0 fully saturated rings. The van der Waals surface area contributed by atoms with Gasteiger partial charge >= 0.3 is 0 Å². The number of benzene rings is 2. The van der Waals surface area contributed by atoms with Gasteiger partial charge in [0.1, 0.15) is 6.04 Å². The third kappa shape index (κ3) is 5.16. The van der Waals surface area contributed by atoms with Crippen molar-refractivity contribution in [3.05, 3.63) is 96.7 Å². The maximum atomic E-state index is 12.6. The van der Waals surface area contributed by atoms with Crippen molar-refractivity contribution in [3.8, 4) is 22.5 Å². The van der Waals surface area contributed by atoms with Crippen LogP contribution in [0.25, 0.3) is 28.6 Å². The lowest BCUT2D eigenvalue weighted by molar-refractivity contribution is -0.117. The standard InChI is InChI=1S/C26H24N4O2/c1-18(2)24(26-29-25(30-32-26)21-13-15-27-16-14-21)28-23(31)12-11-19-7-6-10-22(17-19)20-8-4-3-5-9-20/h3-18,24H,1-2H3,(H,28,31)/b12-11+. The van der Waals surface area contributed by atoms with Gasteiger partial charge in [0.2, 0.25) is 17.6 Å². The third-order valence-electron chi connectivity index (χ3n) is 5.03. The molecular formula is C26H24N4O2. The number of pyridine rings is 1. The molecule has 1 amide bonds. The zero-order valence-corrected chi connectivity index (χ0v) is 18.0. The number of rotatable bonds is 7. The minimum atomic E-state index is -0.397. The summed E-state index contributed by atoms with van der Waals surface area (Å²) in [6.07, 6.45) is 6.67. The van der Waals surface area contributed by atoms with Gasteiger partial charge in [-0.1, -0.05) is 67.5 Å². The van der Waals surface area contributed by atoms with E-state index in [9.17, 15) is 4.79 Å². The molecule has 0 aliphatic rings. The lowest BCUT2D eigenvalue weighted by Crippen LogP contribution is -2.30. The van der Waals surface area contributed by atoms with Crippen LogP contribution in [0.4, 0.5) is 0 Å². The average Bonchev–Trinajstić information content (AvgIpc) is 3.32. The van der Waals surface area contributed by atoms with Crippen molar-refractivity contribution in [1.29, 1.82) is 0 Å². The van der Waals surface area contributed by atoms with E-state index >= 15 is 0 Å². The second-order valence-corrected chi connectivity index (χ2v) is 7.75. The molecule has 32 heavy (non-hydrogen) atoms. The minimum absolute atomic E-state index is 0.0690. The summed E-state index contributed by atoms with van der Waals surface area (Å²) in [5, 5.41) is 7.03. The Morgan fingerprint density at radius 3 is 2.44 bits per heavy atom. The molecule has 2 aromatic carbocycles. The largest absolute Gasteiger partial charge is 0.340 e. The van der Waals surface area contributed by atoms with Crippen molar-refractivity contribution in [2.45, 2.75) is 19.9 Å². The van der Waals surface area contributed by atoms with E-state index in [2.05, 4.69) is 44.7 Å². The van der Waals surface area contributed by atoms with Crippen LogP contribution in [0.2, 0.25) is 0 Å². The molecule has 1 atom stereocenters. The molecule has 2 aromatic heterocycles. The zero-order chi connectivity index (χ0) is 22.3. The average molecular weight is 425 g/mol. The van der Waals surface area contributed by atoms with E-state index in [-0.39, 0.29) is 11.8 Å². The Bertz CT molecular complexity index is 1200. The van der Waals surface area contributed by atoms with Crippen LogP contribution in [0.1, 0.15) is 31.3 Å². The van der Waals surface area contributed by atoms with Crippen molar-refractivity contribution in [2.75, 3.05) is 0 Å². The van der Waals surface area contributed by atoms with E-state index in [0.717, 1.165) is 22.3 Å². The molecule has 6 heteroatoms. The van der Waals surface area contributed by atoms with Crippen LogP contribution in [0, 0.1) is 5.92 Å². The van der Waals surface area contributed by atoms with Gasteiger partial charge in [-0.3, -0.25) is 9.78 Å². The fourth-order valence-corrected chi connectivity index (χ4v) is 3.32. The van der Waals surface area contributed by atoms with E-state index in [1.165, 1.54) is 6.08 Å². The summed E-state index contributed by atoms with van der Waals surface area (Å²) in [5.74, 6) is 0.687. The summed E-state index contributed by atoms with van der Waals surface area (Å²) in [7, 11) is 0. The van der Waals surface area contributed by atoms with Gasteiger partial charge in [0.05, 0.1) is 0 Å². The van der Waals surface area contributed by atoms with Crippen molar-refractivity contribution in [1.82, 2.24) is 20.4 Å². The van der Waals surface area contributed by atoms with Crippen LogP contribution in [-0.2, 0) is 4.79 Å². The molecule has 0 saturated heterocycles. The van der Waals surface area contributed by atoms with Gasteiger partial charge in [-0.15, -0.1) is 0 Å². The number of amides is 1. The van der Waals surface area contributed by atoms with Crippen LogP contribution in [0.3, 0.4) is 0 Å². The first-order valence-electron chi connectivity index (χ1n) is 10.5. The number of aromatic nitrogens is 3. The second-order valence-electron chi connectivity index (χ2n) is 7.75. The quantitative estimate of drug-likeness (QED) is 0.406. The number of hydrogen-bond donors (Lipinski definition) is 1. The lowest BCUT2D eigenvalue weighted by Gasteiger charge is -2.17. The monoisotopic (exact) mass is 424 g/mol. The Morgan fingerprint density at radius 1 is 0.938 bits per heavy atom. The van der Waals surface area contributed by atoms with E-state index in [1.807, 2.05) is 56.3 Å². The van der Waals surface area contributed by atoms with Crippen LogP contribution in [0.15, 0.2) is 89.7 Å². The predicted molar refractivity (Wildman–Crippen MR) is 124 cm³/mol. The van der Waals surface area contributed by atoms with E-state index in [1.54, 1.807) is 18.5 Å². The van der Waals surface area contributed by atoms with E-state index < -0.39 is 6.04 Å². The summed E-state index contributed by atoms with van der Waals surface area (Å²) in [6.45, 7) is 3.99. The maximum absolute atomic E-state index is 12.6. The molecule has 0 aliphatic carbocycles. The second kappa shape index (κ2) is 9.83. The SMILES string of the molecule is CC(C)C(NC(=O)/C=C/c1cccc(-c2ccccc2)c1)c1nc(-c2ccncc2)no1. The molecule has 4 rings (SSSR count). The first kappa shape index (κ1) is 21.2. The number of hydrogen-bond acceptors (Lipinski definition) is 5. The van der Waals surface area contributed by atoms with Gasteiger partial charge in [0.15, 0.2) is 0 Å². The molecule has 0 bridgehead atoms.